The first-order valence-electron chi connectivity index (χ1n) is 7.22. The highest BCUT2D eigenvalue weighted by molar-refractivity contribution is 5.27. The van der Waals surface area contributed by atoms with E-state index in [1.807, 2.05) is 6.92 Å². The summed E-state index contributed by atoms with van der Waals surface area (Å²) in [6.45, 7) is 7.26. The minimum atomic E-state index is 0.733. The average Bonchev–Trinajstić information content (AvgIpc) is 2.78. The molecule has 0 heterocycles. The van der Waals surface area contributed by atoms with Gasteiger partial charge in [-0.15, -0.1) is 0 Å². The number of ether oxygens (including phenoxy) is 1. The molecule has 2 unspecified atom stereocenters. The van der Waals surface area contributed by atoms with Gasteiger partial charge in [0.2, 0.25) is 0 Å². The average molecular weight is 247 g/mol. The predicted molar refractivity (Wildman–Crippen MR) is 75.8 cm³/mol. The SMILES string of the molecule is CCOc1ccc(CNCC2CCCC2C)cc1. The molecule has 1 aromatic carbocycles. The van der Waals surface area contributed by atoms with E-state index in [4.69, 9.17) is 4.74 Å². The zero-order valence-corrected chi connectivity index (χ0v) is 11.6. The van der Waals surface area contributed by atoms with Gasteiger partial charge in [0.1, 0.15) is 5.75 Å². The normalized spacial score (nSPS) is 23.2. The van der Waals surface area contributed by atoms with Gasteiger partial charge in [0, 0.05) is 6.54 Å². The molecule has 0 radical (unpaired) electrons. The Labute approximate surface area is 111 Å². The minimum Gasteiger partial charge on any atom is -0.494 e. The molecule has 18 heavy (non-hydrogen) atoms. The maximum atomic E-state index is 5.44. The second-order valence-electron chi connectivity index (χ2n) is 5.38. The van der Waals surface area contributed by atoms with Crippen molar-refractivity contribution in [3.05, 3.63) is 29.8 Å². The largest absolute Gasteiger partial charge is 0.494 e. The quantitative estimate of drug-likeness (QED) is 0.829. The molecule has 1 N–H and O–H groups in total. The van der Waals surface area contributed by atoms with Crippen LogP contribution in [0, 0.1) is 11.8 Å². The molecule has 1 saturated carbocycles. The fourth-order valence-corrected chi connectivity index (χ4v) is 2.80. The Morgan fingerprint density at radius 1 is 1.22 bits per heavy atom. The summed E-state index contributed by atoms with van der Waals surface area (Å²) in [4.78, 5) is 0. The van der Waals surface area contributed by atoms with Gasteiger partial charge in [-0.3, -0.25) is 0 Å². The zero-order valence-electron chi connectivity index (χ0n) is 11.6. The maximum absolute atomic E-state index is 5.44. The van der Waals surface area contributed by atoms with E-state index in [-0.39, 0.29) is 0 Å². The molecule has 0 amide bonds. The molecule has 0 aliphatic heterocycles. The highest BCUT2D eigenvalue weighted by Gasteiger charge is 2.22. The first-order chi connectivity index (χ1) is 8.79. The molecular weight excluding hydrogens is 222 g/mol. The summed E-state index contributed by atoms with van der Waals surface area (Å²) in [6.07, 6.45) is 4.23. The van der Waals surface area contributed by atoms with E-state index < -0.39 is 0 Å². The number of nitrogens with one attached hydrogen (secondary N) is 1. The van der Waals surface area contributed by atoms with Crippen LogP contribution < -0.4 is 10.1 Å². The van der Waals surface area contributed by atoms with Crippen LogP contribution in [-0.2, 0) is 6.54 Å². The van der Waals surface area contributed by atoms with Gasteiger partial charge in [0.05, 0.1) is 6.61 Å². The lowest BCUT2D eigenvalue weighted by atomic mass is 9.98. The molecule has 2 heteroatoms. The van der Waals surface area contributed by atoms with Crippen molar-refractivity contribution >= 4 is 0 Å². The number of hydrogen-bond acceptors (Lipinski definition) is 2. The van der Waals surface area contributed by atoms with Crippen LogP contribution in [0.4, 0.5) is 0 Å². The van der Waals surface area contributed by atoms with Crippen LogP contribution in [0.3, 0.4) is 0 Å². The summed E-state index contributed by atoms with van der Waals surface area (Å²) in [5.41, 5.74) is 1.34. The van der Waals surface area contributed by atoms with Gasteiger partial charge in [0.25, 0.3) is 0 Å². The van der Waals surface area contributed by atoms with Gasteiger partial charge in [-0.05, 0) is 49.4 Å². The summed E-state index contributed by atoms with van der Waals surface area (Å²) in [7, 11) is 0. The van der Waals surface area contributed by atoms with Crippen LogP contribution in [0.15, 0.2) is 24.3 Å². The van der Waals surface area contributed by atoms with Gasteiger partial charge in [-0.25, -0.2) is 0 Å². The van der Waals surface area contributed by atoms with Crippen LogP contribution in [0.5, 0.6) is 5.75 Å². The van der Waals surface area contributed by atoms with E-state index in [1.54, 1.807) is 0 Å². The van der Waals surface area contributed by atoms with E-state index in [0.717, 1.165) is 37.3 Å². The molecule has 1 aliphatic carbocycles. The lowest BCUT2D eigenvalue weighted by molar-refractivity contribution is 0.340. The van der Waals surface area contributed by atoms with Crippen LogP contribution in [0.2, 0.25) is 0 Å². The third kappa shape index (κ3) is 3.74. The third-order valence-corrected chi connectivity index (χ3v) is 4.01. The Kier molecular flexibility index (Phi) is 5.06. The highest BCUT2D eigenvalue weighted by atomic mass is 16.5. The van der Waals surface area contributed by atoms with Crippen LogP contribution in [-0.4, -0.2) is 13.2 Å². The Hall–Kier alpha value is -1.02. The summed E-state index contributed by atoms with van der Waals surface area (Å²) in [5.74, 6) is 2.75. The summed E-state index contributed by atoms with van der Waals surface area (Å²) in [5, 5.41) is 3.58. The molecule has 2 rings (SSSR count). The van der Waals surface area contributed by atoms with E-state index >= 15 is 0 Å². The van der Waals surface area contributed by atoms with Crippen molar-refractivity contribution < 1.29 is 4.74 Å². The van der Waals surface area contributed by atoms with Crippen molar-refractivity contribution in [2.24, 2.45) is 11.8 Å². The third-order valence-electron chi connectivity index (χ3n) is 4.01. The van der Waals surface area contributed by atoms with Gasteiger partial charge >= 0.3 is 0 Å². The predicted octanol–water partition coefficient (Wildman–Crippen LogP) is 3.61. The summed E-state index contributed by atoms with van der Waals surface area (Å²) in [6, 6.07) is 8.41. The van der Waals surface area contributed by atoms with Crippen molar-refractivity contribution in [3.63, 3.8) is 0 Å². The monoisotopic (exact) mass is 247 g/mol. The molecule has 1 aromatic rings. The first-order valence-corrected chi connectivity index (χ1v) is 7.22. The molecule has 100 valence electrons. The topological polar surface area (TPSA) is 21.3 Å². The van der Waals surface area contributed by atoms with Crippen LogP contribution in [0.25, 0.3) is 0 Å². The highest BCUT2D eigenvalue weighted by Crippen LogP contribution is 2.30. The molecule has 0 aromatic heterocycles. The molecule has 1 aliphatic rings. The maximum Gasteiger partial charge on any atom is 0.119 e. The summed E-state index contributed by atoms with van der Waals surface area (Å²) < 4.78 is 5.44. The van der Waals surface area contributed by atoms with Crippen molar-refractivity contribution in [2.45, 2.75) is 39.7 Å². The smallest absolute Gasteiger partial charge is 0.119 e. The second kappa shape index (κ2) is 6.79. The van der Waals surface area contributed by atoms with Crippen LogP contribution >= 0.6 is 0 Å². The standard InChI is InChI=1S/C16H25NO/c1-3-18-16-9-7-14(8-10-16)11-17-12-15-6-4-5-13(15)2/h7-10,13,15,17H,3-6,11-12H2,1-2H3. The van der Waals surface area contributed by atoms with Gasteiger partial charge < -0.3 is 10.1 Å². The Balaban J connectivity index is 1.72. The number of hydrogen-bond donors (Lipinski definition) is 1. The molecule has 2 atom stereocenters. The van der Waals surface area contributed by atoms with Crippen molar-refractivity contribution in [1.29, 1.82) is 0 Å². The molecular formula is C16H25NO. The number of rotatable bonds is 6. The fraction of sp³-hybridized carbons (Fsp3) is 0.625. The van der Waals surface area contributed by atoms with Gasteiger partial charge in [-0.2, -0.15) is 0 Å². The van der Waals surface area contributed by atoms with E-state index in [9.17, 15) is 0 Å². The first kappa shape index (κ1) is 13.4. The Bertz CT molecular complexity index is 347. The molecule has 0 bridgehead atoms. The summed E-state index contributed by atoms with van der Waals surface area (Å²) >= 11 is 0. The molecule has 0 spiro atoms. The van der Waals surface area contributed by atoms with Gasteiger partial charge in [-0.1, -0.05) is 31.9 Å². The Morgan fingerprint density at radius 2 is 2.00 bits per heavy atom. The second-order valence-corrected chi connectivity index (χ2v) is 5.38. The molecule has 0 saturated heterocycles. The lowest BCUT2D eigenvalue weighted by Crippen LogP contribution is -2.23. The fourth-order valence-electron chi connectivity index (χ4n) is 2.80. The van der Waals surface area contributed by atoms with E-state index in [1.165, 1.54) is 24.8 Å². The lowest BCUT2D eigenvalue weighted by Gasteiger charge is -2.16. The van der Waals surface area contributed by atoms with Crippen molar-refractivity contribution in [1.82, 2.24) is 5.32 Å². The minimum absolute atomic E-state index is 0.733. The molecule has 2 nitrogen and oxygen atoms in total. The zero-order chi connectivity index (χ0) is 12.8. The number of benzene rings is 1. The van der Waals surface area contributed by atoms with Crippen LogP contribution in [0.1, 0.15) is 38.7 Å². The van der Waals surface area contributed by atoms with Crippen molar-refractivity contribution in [3.8, 4) is 5.75 Å². The van der Waals surface area contributed by atoms with E-state index in [2.05, 4.69) is 36.5 Å². The van der Waals surface area contributed by atoms with Gasteiger partial charge in [0.15, 0.2) is 0 Å². The molecule has 1 fully saturated rings. The van der Waals surface area contributed by atoms with E-state index in [0.29, 0.717) is 0 Å². The Morgan fingerprint density at radius 3 is 2.61 bits per heavy atom. The van der Waals surface area contributed by atoms with Crippen molar-refractivity contribution in [2.75, 3.05) is 13.2 Å².